The van der Waals surface area contributed by atoms with Gasteiger partial charge in [-0.15, -0.1) is 0 Å². The van der Waals surface area contributed by atoms with E-state index in [4.69, 9.17) is 0 Å². The van der Waals surface area contributed by atoms with E-state index in [0.29, 0.717) is 11.6 Å². The highest BCUT2D eigenvalue weighted by Gasteiger charge is 2.28. The van der Waals surface area contributed by atoms with Gasteiger partial charge in [0.25, 0.3) is 5.91 Å². The second-order valence-electron chi connectivity index (χ2n) is 4.88. The van der Waals surface area contributed by atoms with Crippen LogP contribution in [0.1, 0.15) is 28.4 Å². The van der Waals surface area contributed by atoms with Crippen LogP contribution in [0, 0.1) is 0 Å². The van der Waals surface area contributed by atoms with Crippen LogP contribution in [0.4, 0.5) is 0 Å². The normalized spacial score (nSPS) is 18.8. The van der Waals surface area contributed by atoms with Crippen molar-refractivity contribution in [3.05, 3.63) is 58.3 Å². The summed E-state index contributed by atoms with van der Waals surface area (Å²) in [6.45, 7) is 1.63. The first-order valence-corrected chi connectivity index (χ1v) is 7.21. The average Bonchev–Trinajstić information content (AvgIpc) is 3.08. The number of aromatic amines is 1. The standard InChI is InChI=1S/C15H15BrN2O/c16-13-8-14(17-9-13)15(19)18-7-6-12(10-18)11-4-2-1-3-5-11/h1-5,8-9,12,17H,6-7,10H2. The topological polar surface area (TPSA) is 36.1 Å². The van der Waals surface area contributed by atoms with Gasteiger partial charge in [0.1, 0.15) is 5.69 Å². The van der Waals surface area contributed by atoms with Crippen LogP contribution < -0.4 is 0 Å². The fourth-order valence-electron chi connectivity index (χ4n) is 2.60. The lowest BCUT2D eigenvalue weighted by atomic mass is 9.99. The molecular weight excluding hydrogens is 304 g/mol. The van der Waals surface area contributed by atoms with Gasteiger partial charge in [0.2, 0.25) is 0 Å². The summed E-state index contributed by atoms with van der Waals surface area (Å²) >= 11 is 3.36. The maximum atomic E-state index is 12.3. The smallest absolute Gasteiger partial charge is 0.270 e. The Kier molecular flexibility index (Phi) is 3.42. The van der Waals surface area contributed by atoms with Gasteiger partial charge >= 0.3 is 0 Å². The molecule has 1 unspecified atom stereocenters. The lowest BCUT2D eigenvalue weighted by Crippen LogP contribution is -2.28. The molecule has 3 rings (SSSR count). The van der Waals surface area contributed by atoms with Crippen molar-refractivity contribution in [3.8, 4) is 0 Å². The molecule has 4 heteroatoms. The largest absolute Gasteiger partial charge is 0.356 e. The molecule has 3 nitrogen and oxygen atoms in total. The van der Waals surface area contributed by atoms with E-state index in [9.17, 15) is 4.79 Å². The van der Waals surface area contributed by atoms with Crippen LogP contribution in [0.3, 0.4) is 0 Å². The summed E-state index contributed by atoms with van der Waals surface area (Å²) in [6.07, 6.45) is 2.83. The van der Waals surface area contributed by atoms with Crippen molar-refractivity contribution in [1.29, 1.82) is 0 Å². The Hall–Kier alpha value is -1.55. The highest BCUT2D eigenvalue weighted by molar-refractivity contribution is 9.10. The Morgan fingerprint density at radius 1 is 1.32 bits per heavy atom. The summed E-state index contributed by atoms with van der Waals surface area (Å²) in [7, 11) is 0. The number of aromatic nitrogens is 1. The number of likely N-dealkylation sites (tertiary alicyclic amines) is 1. The minimum atomic E-state index is 0.0872. The molecule has 1 atom stereocenters. The molecule has 1 saturated heterocycles. The van der Waals surface area contributed by atoms with Crippen molar-refractivity contribution in [1.82, 2.24) is 9.88 Å². The van der Waals surface area contributed by atoms with Crippen LogP contribution in [-0.4, -0.2) is 28.9 Å². The van der Waals surface area contributed by atoms with E-state index < -0.39 is 0 Å². The zero-order chi connectivity index (χ0) is 13.2. The highest BCUT2D eigenvalue weighted by atomic mass is 79.9. The van der Waals surface area contributed by atoms with Gasteiger partial charge in [0, 0.05) is 29.7 Å². The lowest BCUT2D eigenvalue weighted by Gasteiger charge is -2.15. The summed E-state index contributed by atoms with van der Waals surface area (Å²) in [5.74, 6) is 0.549. The molecule has 1 N–H and O–H groups in total. The van der Waals surface area contributed by atoms with Crippen molar-refractivity contribution in [3.63, 3.8) is 0 Å². The number of halogens is 1. The minimum Gasteiger partial charge on any atom is -0.356 e. The number of benzene rings is 1. The number of nitrogens with one attached hydrogen (secondary N) is 1. The molecule has 1 aliphatic heterocycles. The van der Waals surface area contributed by atoms with Crippen LogP contribution in [0.5, 0.6) is 0 Å². The SMILES string of the molecule is O=C(c1cc(Br)c[nH]1)N1CCC(c2ccccc2)C1. The van der Waals surface area contributed by atoms with E-state index in [1.807, 2.05) is 17.0 Å². The maximum Gasteiger partial charge on any atom is 0.270 e. The van der Waals surface area contributed by atoms with E-state index in [1.165, 1.54) is 5.56 Å². The number of carbonyl (C=O) groups is 1. The van der Waals surface area contributed by atoms with Gasteiger partial charge in [0.15, 0.2) is 0 Å². The summed E-state index contributed by atoms with van der Waals surface area (Å²) < 4.78 is 0.912. The van der Waals surface area contributed by atoms with Crippen LogP contribution in [0.2, 0.25) is 0 Å². The number of amides is 1. The Morgan fingerprint density at radius 3 is 2.79 bits per heavy atom. The van der Waals surface area contributed by atoms with E-state index >= 15 is 0 Å². The molecule has 1 aromatic carbocycles. The molecule has 1 aliphatic rings. The zero-order valence-corrected chi connectivity index (χ0v) is 12.1. The van der Waals surface area contributed by atoms with Crippen LogP contribution in [0.25, 0.3) is 0 Å². The number of hydrogen-bond acceptors (Lipinski definition) is 1. The number of H-pyrrole nitrogens is 1. The summed E-state index contributed by atoms with van der Waals surface area (Å²) in [6, 6.07) is 12.3. The van der Waals surface area contributed by atoms with E-state index in [0.717, 1.165) is 24.0 Å². The molecule has 1 aromatic heterocycles. The molecule has 98 valence electrons. The Morgan fingerprint density at radius 2 is 2.11 bits per heavy atom. The van der Waals surface area contributed by atoms with Crippen molar-refractivity contribution >= 4 is 21.8 Å². The van der Waals surface area contributed by atoms with E-state index in [-0.39, 0.29) is 5.91 Å². The molecule has 2 aromatic rings. The molecule has 19 heavy (non-hydrogen) atoms. The van der Waals surface area contributed by atoms with Gasteiger partial charge in [0.05, 0.1) is 0 Å². The minimum absolute atomic E-state index is 0.0872. The molecular formula is C15H15BrN2O. The van der Waals surface area contributed by atoms with Crippen LogP contribution in [0.15, 0.2) is 47.1 Å². The van der Waals surface area contributed by atoms with Crippen molar-refractivity contribution < 1.29 is 4.79 Å². The third kappa shape index (κ3) is 2.59. The fourth-order valence-corrected chi connectivity index (χ4v) is 2.95. The van der Waals surface area contributed by atoms with E-state index in [2.05, 4.69) is 45.2 Å². The van der Waals surface area contributed by atoms with Gasteiger partial charge in [-0.3, -0.25) is 4.79 Å². The Bertz CT molecular complexity index is 579. The van der Waals surface area contributed by atoms with Gasteiger partial charge in [-0.05, 0) is 34.0 Å². The van der Waals surface area contributed by atoms with Crippen LogP contribution >= 0.6 is 15.9 Å². The van der Waals surface area contributed by atoms with Crippen molar-refractivity contribution in [2.45, 2.75) is 12.3 Å². The number of nitrogens with zero attached hydrogens (tertiary/aromatic N) is 1. The predicted octanol–water partition coefficient (Wildman–Crippen LogP) is 3.41. The molecule has 0 spiro atoms. The second-order valence-corrected chi connectivity index (χ2v) is 5.79. The molecule has 1 fully saturated rings. The number of hydrogen-bond donors (Lipinski definition) is 1. The summed E-state index contributed by atoms with van der Waals surface area (Å²) in [5, 5.41) is 0. The quantitative estimate of drug-likeness (QED) is 0.905. The number of carbonyl (C=O) groups excluding carboxylic acids is 1. The van der Waals surface area contributed by atoms with Gasteiger partial charge in [-0.25, -0.2) is 0 Å². The van der Waals surface area contributed by atoms with Gasteiger partial charge in [-0.2, -0.15) is 0 Å². The number of rotatable bonds is 2. The van der Waals surface area contributed by atoms with Crippen molar-refractivity contribution in [2.24, 2.45) is 0 Å². The maximum absolute atomic E-state index is 12.3. The van der Waals surface area contributed by atoms with Gasteiger partial charge in [-0.1, -0.05) is 30.3 Å². The zero-order valence-electron chi connectivity index (χ0n) is 10.5. The third-order valence-electron chi connectivity index (χ3n) is 3.62. The second kappa shape index (κ2) is 5.21. The van der Waals surface area contributed by atoms with Crippen molar-refractivity contribution in [2.75, 3.05) is 13.1 Å². The van der Waals surface area contributed by atoms with Crippen LogP contribution in [-0.2, 0) is 0 Å². The molecule has 2 heterocycles. The molecule has 0 aliphatic carbocycles. The van der Waals surface area contributed by atoms with Gasteiger partial charge < -0.3 is 9.88 Å². The third-order valence-corrected chi connectivity index (χ3v) is 4.08. The monoisotopic (exact) mass is 318 g/mol. The highest BCUT2D eigenvalue weighted by Crippen LogP contribution is 2.28. The fraction of sp³-hybridized carbons (Fsp3) is 0.267. The Balaban J connectivity index is 1.71. The average molecular weight is 319 g/mol. The summed E-state index contributed by atoms with van der Waals surface area (Å²) in [5.41, 5.74) is 1.98. The molecule has 0 bridgehead atoms. The Labute approximate surface area is 120 Å². The molecule has 0 saturated carbocycles. The predicted molar refractivity (Wildman–Crippen MR) is 78.2 cm³/mol. The molecule has 1 amide bonds. The first-order chi connectivity index (χ1) is 9.24. The molecule has 0 radical (unpaired) electrons. The first-order valence-electron chi connectivity index (χ1n) is 6.42. The summed E-state index contributed by atoms with van der Waals surface area (Å²) in [4.78, 5) is 17.2. The first kappa shape index (κ1) is 12.5. The van der Waals surface area contributed by atoms with E-state index in [1.54, 1.807) is 6.20 Å². The lowest BCUT2D eigenvalue weighted by molar-refractivity contribution is 0.0785.